The number of aryl methyl sites for hydroxylation is 1. The largest absolute Gasteiger partial charge is 0.370 e. The highest BCUT2D eigenvalue weighted by molar-refractivity contribution is 9.10. The van der Waals surface area contributed by atoms with Gasteiger partial charge in [0, 0.05) is 16.7 Å². The van der Waals surface area contributed by atoms with Gasteiger partial charge in [0.25, 0.3) is 0 Å². The molecule has 0 fully saturated rings. The second kappa shape index (κ2) is 5.75. The van der Waals surface area contributed by atoms with Gasteiger partial charge in [-0.2, -0.15) is 0 Å². The fourth-order valence-corrected chi connectivity index (χ4v) is 1.47. The van der Waals surface area contributed by atoms with Gasteiger partial charge in [0.15, 0.2) is 5.96 Å². The van der Waals surface area contributed by atoms with Crippen molar-refractivity contribution in [2.24, 2.45) is 10.7 Å². The van der Waals surface area contributed by atoms with E-state index in [-0.39, 0.29) is 0 Å². The fraction of sp³-hybridized carbons (Fsp3) is 0.364. The SMILES string of the molecule is CCCN=C(N)Nc1ccc(C)c(Br)c1. The first-order valence-electron chi connectivity index (χ1n) is 4.96. The molecule has 3 N–H and O–H groups in total. The smallest absolute Gasteiger partial charge is 0.193 e. The summed E-state index contributed by atoms with van der Waals surface area (Å²) < 4.78 is 1.07. The van der Waals surface area contributed by atoms with Crippen molar-refractivity contribution in [2.45, 2.75) is 20.3 Å². The molecule has 82 valence electrons. The number of rotatable bonds is 3. The maximum absolute atomic E-state index is 5.70. The molecular formula is C11H16BrN3. The van der Waals surface area contributed by atoms with Gasteiger partial charge in [-0.05, 0) is 31.0 Å². The highest BCUT2D eigenvalue weighted by Gasteiger charge is 1.98. The van der Waals surface area contributed by atoms with Crippen molar-refractivity contribution >= 4 is 27.6 Å². The molecule has 0 aliphatic heterocycles. The number of benzene rings is 1. The second-order valence-corrected chi connectivity index (χ2v) is 4.21. The zero-order valence-corrected chi connectivity index (χ0v) is 10.6. The van der Waals surface area contributed by atoms with E-state index in [0.717, 1.165) is 23.1 Å². The molecule has 0 unspecified atom stereocenters. The Bertz CT molecular complexity index is 361. The first-order chi connectivity index (χ1) is 7.13. The van der Waals surface area contributed by atoms with Crippen molar-refractivity contribution in [2.75, 3.05) is 11.9 Å². The summed E-state index contributed by atoms with van der Waals surface area (Å²) in [5.74, 6) is 0.465. The molecule has 0 saturated carbocycles. The van der Waals surface area contributed by atoms with Crippen LogP contribution in [0.15, 0.2) is 27.7 Å². The van der Waals surface area contributed by atoms with Gasteiger partial charge in [-0.25, -0.2) is 0 Å². The van der Waals surface area contributed by atoms with Crippen LogP contribution in [-0.2, 0) is 0 Å². The van der Waals surface area contributed by atoms with Crippen LogP contribution >= 0.6 is 15.9 Å². The topological polar surface area (TPSA) is 50.4 Å². The van der Waals surface area contributed by atoms with E-state index in [1.807, 2.05) is 25.1 Å². The van der Waals surface area contributed by atoms with Crippen LogP contribution in [0.3, 0.4) is 0 Å². The zero-order valence-electron chi connectivity index (χ0n) is 9.05. The van der Waals surface area contributed by atoms with Gasteiger partial charge in [0.05, 0.1) is 0 Å². The zero-order chi connectivity index (χ0) is 11.3. The van der Waals surface area contributed by atoms with Crippen LogP contribution in [0, 0.1) is 6.92 Å². The number of nitrogens with one attached hydrogen (secondary N) is 1. The molecule has 15 heavy (non-hydrogen) atoms. The molecule has 1 rings (SSSR count). The van der Waals surface area contributed by atoms with E-state index in [1.54, 1.807) is 0 Å². The summed E-state index contributed by atoms with van der Waals surface area (Å²) in [6.07, 6.45) is 1.000. The average Bonchev–Trinajstić information content (AvgIpc) is 2.20. The fourth-order valence-electron chi connectivity index (χ4n) is 1.09. The number of guanidine groups is 1. The van der Waals surface area contributed by atoms with Crippen molar-refractivity contribution in [3.63, 3.8) is 0 Å². The van der Waals surface area contributed by atoms with E-state index in [4.69, 9.17) is 5.73 Å². The minimum absolute atomic E-state index is 0.465. The molecule has 0 aliphatic carbocycles. The molecule has 1 aromatic rings. The highest BCUT2D eigenvalue weighted by Crippen LogP contribution is 2.20. The molecule has 0 saturated heterocycles. The number of hydrogen-bond acceptors (Lipinski definition) is 1. The lowest BCUT2D eigenvalue weighted by molar-refractivity contribution is 0.929. The maximum Gasteiger partial charge on any atom is 0.193 e. The Labute approximate surface area is 98.9 Å². The Morgan fingerprint density at radius 1 is 1.53 bits per heavy atom. The second-order valence-electron chi connectivity index (χ2n) is 3.36. The molecule has 0 spiro atoms. The lowest BCUT2D eigenvalue weighted by atomic mass is 10.2. The summed E-state index contributed by atoms with van der Waals surface area (Å²) in [4.78, 5) is 4.16. The summed E-state index contributed by atoms with van der Waals surface area (Å²) in [6.45, 7) is 4.87. The van der Waals surface area contributed by atoms with Crippen molar-refractivity contribution in [3.8, 4) is 0 Å². The summed E-state index contributed by atoms with van der Waals surface area (Å²) in [5.41, 5.74) is 7.85. The van der Waals surface area contributed by atoms with Crippen LogP contribution in [0.4, 0.5) is 5.69 Å². The number of nitrogens with two attached hydrogens (primary N) is 1. The molecule has 0 amide bonds. The van der Waals surface area contributed by atoms with Gasteiger partial charge in [0.2, 0.25) is 0 Å². The van der Waals surface area contributed by atoms with Gasteiger partial charge >= 0.3 is 0 Å². The molecule has 0 aliphatic rings. The first kappa shape index (κ1) is 12.0. The van der Waals surface area contributed by atoms with Crippen molar-refractivity contribution < 1.29 is 0 Å². The van der Waals surface area contributed by atoms with Crippen molar-refractivity contribution in [3.05, 3.63) is 28.2 Å². The van der Waals surface area contributed by atoms with E-state index in [1.165, 1.54) is 5.56 Å². The van der Waals surface area contributed by atoms with Crippen LogP contribution in [0.25, 0.3) is 0 Å². The Kier molecular flexibility index (Phi) is 4.62. The summed E-state index contributed by atoms with van der Waals surface area (Å²) in [7, 11) is 0. The van der Waals surface area contributed by atoms with E-state index in [2.05, 4.69) is 33.2 Å². The van der Waals surface area contributed by atoms with Gasteiger partial charge in [-0.1, -0.05) is 28.9 Å². The Morgan fingerprint density at radius 3 is 2.87 bits per heavy atom. The normalized spacial score (nSPS) is 11.5. The minimum atomic E-state index is 0.465. The monoisotopic (exact) mass is 269 g/mol. The molecule has 4 heteroatoms. The van der Waals surface area contributed by atoms with Gasteiger partial charge in [-0.15, -0.1) is 0 Å². The number of halogens is 1. The van der Waals surface area contributed by atoms with Crippen LogP contribution in [-0.4, -0.2) is 12.5 Å². The quantitative estimate of drug-likeness (QED) is 0.655. The maximum atomic E-state index is 5.70. The summed E-state index contributed by atoms with van der Waals surface area (Å²) in [6, 6.07) is 6.00. The third kappa shape index (κ3) is 3.91. The summed E-state index contributed by atoms with van der Waals surface area (Å²) >= 11 is 3.47. The molecule has 1 aromatic carbocycles. The molecule has 0 bridgehead atoms. The van der Waals surface area contributed by atoms with Gasteiger partial charge in [0.1, 0.15) is 0 Å². The third-order valence-corrected chi connectivity index (χ3v) is 2.80. The Balaban J connectivity index is 2.68. The van der Waals surface area contributed by atoms with Gasteiger partial charge in [-0.3, -0.25) is 4.99 Å². The molecule has 0 atom stereocenters. The predicted octanol–water partition coefficient (Wildman–Crippen LogP) is 2.89. The van der Waals surface area contributed by atoms with E-state index < -0.39 is 0 Å². The first-order valence-corrected chi connectivity index (χ1v) is 5.76. The van der Waals surface area contributed by atoms with E-state index in [0.29, 0.717) is 5.96 Å². The molecule has 0 radical (unpaired) electrons. The lowest BCUT2D eigenvalue weighted by Gasteiger charge is -2.07. The van der Waals surface area contributed by atoms with Crippen LogP contribution in [0.5, 0.6) is 0 Å². The summed E-state index contributed by atoms with van der Waals surface area (Å²) in [5, 5.41) is 3.04. The number of anilines is 1. The molecule has 0 aromatic heterocycles. The van der Waals surface area contributed by atoms with Crippen molar-refractivity contribution in [1.82, 2.24) is 0 Å². The van der Waals surface area contributed by atoms with Crippen LogP contribution < -0.4 is 11.1 Å². The van der Waals surface area contributed by atoms with Gasteiger partial charge < -0.3 is 11.1 Å². The highest BCUT2D eigenvalue weighted by atomic mass is 79.9. The molecular weight excluding hydrogens is 254 g/mol. The average molecular weight is 270 g/mol. The molecule has 0 heterocycles. The number of hydrogen-bond donors (Lipinski definition) is 2. The molecule has 3 nitrogen and oxygen atoms in total. The minimum Gasteiger partial charge on any atom is -0.370 e. The third-order valence-electron chi connectivity index (χ3n) is 1.95. The Hall–Kier alpha value is -1.03. The van der Waals surface area contributed by atoms with Crippen LogP contribution in [0.1, 0.15) is 18.9 Å². The van der Waals surface area contributed by atoms with E-state index >= 15 is 0 Å². The lowest BCUT2D eigenvalue weighted by Crippen LogP contribution is -2.22. The standard InChI is InChI=1S/C11H16BrN3/c1-3-6-14-11(13)15-9-5-4-8(2)10(12)7-9/h4-5,7H,3,6H2,1-2H3,(H3,13,14,15). The van der Waals surface area contributed by atoms with Crippen LogP contribution in [0.2, 0.25) is 0 Å². The van der Waals surface area contributed by atoms with Crippen molar-refractivity contribution in [1.29, 1.82) is 0 Å². The van der Waals surface area contributed by atoms with E-state index in [9.17, 15) is 0 Å². The number of aliphatic imine (C=N–C) groups is 1. The number of nitrogens with zero attached hydrogens (tertiary/aromatic N) is 1. The predicted molar refractivity (Wildman–Crippen MR) is 69.3 cm³/mol. The Morgan fingerprint density at radius 2 is 2.27 bits per heavy atom.